The molecule has 0 spiro atoms. The first-order chi connectivity index (χ1) is 10.5. The second-order valence-corrected chi connectivity index (χ2v) is 5.12. The van der Waals surface area contributed by atoms with Crippen molar-refractivity contribution in [3.8, 4) is 5.75 Å². The van der Waals surface area contributed by atoms with Gasteiger partial charge in [-0.25, -0.2) is 0 Å². The van der Waals surface area contributed by atoms with E-state index < -0.39 is 17.9 Å². The minimum absolute atomic E-state index is 0.222. The van der Waals surface area contributed by atoms with Crippen molar-refractivity contribution in [3.05, 3.63) is 52.3 Å². The van der Waals surface area contributed by atoms with Crippen LogP contribution < -0.4 is 15.6 Å². The van der Waals surface area contributed by atoms with Gasteiger partial charge in [0.2, 0.25) is 0 Å². The number of amides is 2. The monoisotopic (exact) mass is 341 g/mol. The number of rotatable bonds is 4. The van der Waals surface area contributed by atoms with Gasteiger partial charge < -0.3 is 9.72 Å². The second kappa shape index (κ2) is 7.20. The summed E-state index contributed by atoms with van der Waals surface area (Å²) in [5, 5.41) is 0.547. The number of aromatic nitrogens is 1. The number of hydrazine groups is 1. The van der Waals surface area contributed by atoms with E-state index in [1.807, 2.05) is 0 Å². The molecule has 2 amide bonds. The number of aromatic amines is 1. The van der Waals surface area contributed by atoms with E-state index in [-0.39, 0.29) is 10.8 Å². The van der Waals surface area contributed by atoms with Crippen LogP contribution in [-0.2, 0) is 4.79 Å². The first-order valence-corrected chi connectivity index (χ1v) is 7.09. The summed E-state index contributed by atoms with van der Waals surface area (Å²) in [4.78, 5) is 26.3. The molecule has 6 nitrogen and oxygen atoms in total. The molecule has 1 unspecified atom stereocenters. The topological polar surface area (TPSA) is 83.2 Å². The highest BCUT2D eigenvalue weighted by Gasteiger charge is 2.18. The van der Waals surface area contributed by atoms with E-state index in [0.29, 0.717) is 10.7 Å². The normalized spacial score (nSPS) is 11.6. The Labute approximate surface area is 136 Å². The lowest BCUT2D eigenvalue weighted by atomic mass is 10.3. The molecule has 0 fully saturated rings. The van der Waals surface area contributed by atoms with E-state index in [1.54, 1.807) is 36.5 Å². The number of benzene rings is 1. The van der Waals surface area contributed by atoms with Gasteiger partial charge in [-0.3, -0.25) is 20.4 Å². The fourth-order valence-electron chi connectivity index (χ4n) is 1.58. The van der Waals surface area contributed by atoms with E-state index in [0.717, 1.165) is 0 Å². The summed E-state index contributed by atoms with van der Waals surface area (Å²) < 4.78 is 5.42. The van der Waals surface area contributed by atoms with Crippen LogP contribution in [0.2, 0.25) is 10.0 Å². The van der Waals surface area contributed by atoms with E-state index in [4.69, 9.17) is 27.9 Å². The maximum atomic E-state index is 11.9. The van der Waals surface area contributed by atoms with Crippen molar-refractivity contribution >= 4 is 35.0 Å². The molecule has 0 aliphatic carbocycles. The van der Waals surface area contributed by atoms with Gasteiger partial charge in [0, 0.05) is 6.20 Å². The zero-order valence-electron chi connectivity index (χ0n) is 11.5. The van der Waals surface area contributed by atoms with Gasteiger partial charge in [0.15, 0.2) is 6.10 Å². The van der Waals surface area contributed by atoms with Gasteiger partial charge in [0.25, 0.3) is 11.8 Å². The highest BCUT2D eigenvalue weighted by atomic mass is 35.5. The molecule has 0 bridgehead atoms. The summed E-state index contributed by atoms with van der Waals surface area (Å²) in [5.74, 6) is -0.713. The third-order valence-electron chi connectivity index (χ3n) is 2.73. The minimum Gasteiger partial charge on any atom is -0.479 e. The van der Waals surface area contributed by atoms with Crippen LogP contribution in [-0.4, -0.2) is 22.9 Å². The van der Waals surface area contributed by atoms with Crippen molar-refractivity contribution in [2.75, 3.05) is 0 Å². The number of carbonyl (C=O) groups excluding carboxylic acids is 2. The fraction of sp³-hybridized carbons (Fsp3) is 0.143. The lowest BCUT2D eigenvalue weighted by Crippen LogP contribution is -2.47. The first kappa shape index (κ1) is 16.2. The summed E-state index contributed by atoms with van der Waals surface area (Å²) in [5.41, 5.74) is 4.86. The van der Waals surface area contributed by atoms with E-state index in [9.17, 15) is 9.59 Å². The molecule has 8 heteroatoms. The third kappa shape index (κ3) is 3.93. The SMILES string of the molecule is CC(Oc1cccc(Cl)c1Cl)C(=O)NNC(=O)c1ccc[nH]1. The quantitative estimate of drug-likeness (QED) is 0.747. The Bertz CT molecular complexity index is 674. The summed E-state index contributed by atoms with van der Waals surface area (Å²) in [6.45, 7) is 1.52. The van der Waals surface area contributed by atoms with Gasteiger partial charge >= 0.3 is 0 Å². The van der Waals surface area contributed by atoms with Gasteiger partial charge in [0.05, 0.1) is 5.02 Å². The average molecular weight is 342 g/mol. The highest BCUT2D eigenvalue weighted by molar-refractivity contribution is 6.42. The summed E-state index contributed by atoms with van der Waals surface area (Å²) in [6.07, 6.45) is 0.726. The van der Waals surface area contributed by atoms with Crippen LogP contribution in [0.25, 0.3) is 0 Å². The predicted molar refractivity (Wildman–Crippen MR) is 83.0 cm³/mol. The van der Waals surface area contributed by atoms with Crippen LogP contribution >= 0.6 is 23.2 Å². The number of nitrogens with one attached hydrogen (secondary N) is 3. The Morgan fingerprint density at radius 1 is 1.18 bits per heavy atom. The van der Waals surface area contributed by atoms with Crippen molar-refractivity contribution < 1.29 is 14.3 Å². The van der Waals surface area contributed by atoms with E-state index >= 15 is 0 Å². The van der Waals surface area contributed by atoms with Crippen LogP contribution in [0, 0.1) is 0 Å². The molecule has 3 N–H and O–H groups in total. The molecule has 2 rings (SSSR count). The zero-order valence-corrected chi connectivity index (χ0v) is 13.0. The smallest absolute Gasteiger partial charge is 0.286 e. The Hall–Kier alpha value is -2.18. The van der Waals surface area contributed by atoms with Gasteiger partial charge in [-0.05, 0) is 31.2 Å². The molecule has 0 aliphatic rings. The van der Waals surface area contributed by atoms with Crippen LogP contribution in [0.15, 0.2) is 36.5 Å². The molecule has 0 saturated carbocycles. The zero-order chi connectivity index (χ0) is 16.1. The standard InChI is InChI=1S/C14H13Cl2N3O3/c1-8(22-11-6-2-4-9(15)12(11)16)13(20)18-19-14(21)10-5-3-7-17-10/h2-8,17H,1H3,(H,18,20)(H,19,21). The molecule has 1 aromatic carbocycles. The predicted octanol–water partition coefficient (Wildman–Crippen LogP) is 2.55. The lowest BCUT2D eigenvalue weighted by Gasteiger charge is -2.16. The van der Waals surface area contributed by atoms with Gasteiger partial charge in [-0.15, -0.1) is 0 Å². The van der Waals surface area contributed by atoms with Crippen molar-refractivity contribution in [2.45, 2.75) is 13.0 Å². The van der Waals surface area contributed by atoms with Crippen LogP contribution in [0.1, 0.15) is 17.4 Å². The van der Waals surface area contributed by atoms with Gasteiger partial charge in [-0.2, -0.15) is 0 Å². The third-order valence-corrected chi connectivity index (χ3v) is 3.53. The van der Waals surface area contributed by atoms with Crippen molar-refractivity contribution in [1.82, 2.24) is 15.8 Å². The second-order valence-electron chi connectivity index (χ2n) is 4.34. The number of hydrogen-bond donors (Lipinski definition) is 3. The molecule has 116 valence electrons. The van der Waals surface area contributed by atoms with Gasteiger partial charge in [-0.1, -0.05) is 29.3 Å². The maximum Gasteiger partial charge on any atom is 0.286 e. The number of H-pyrrole nitrogens is 1. The number of carbonyl (C=O) groups is 2. The Morgan fingerprint density at radius 3 is 2.64 bits per heavy atom. The fourth-order valence-corrected chi connectivity index (χ4v) is 1.91. The van der Waals surface area contributed by atoms with E-state index in [1.165, 1.54) is 6.92 Å². The van der Waals surface area contributed by atoms with Crippen molar-refractivity contribution in [1.29, 1.82) is 0 Å². The summed E-state index contributed by atoms with van der Waals surface area (Å²) >= 11 is 11.8. The molecule has 2 aromatic rings. The average Bonchev–Trinajstić information content (AvgIpc) is 3.03. The lowest BCUT2D eigenvalue weighted by molar-refractivity contribution is -0.128. The molecule has 1 aromatic heterocycles. The minimum atomic E-state index is -0.875. The molecule has 1 heterocycles. The number of halogens is 2. The number of hydrogen-bond acceptors (Lipinski definition) is 3. The molecular weight excluding hydrogens is 329 g/mol. The van der Waals surface area contributed by atoms with Crippen molar-refractivity contribution in [2.24, 2.45) is 0 Å². The van der Waals surface area contributed by atoms with Crippen LogP contribution in [0.5, 0.6) is 5.75 Å². The first-order valence-electron chi connectivity index (χ1n) is 6.33. The van der Waals surface area contributed by atoms with E-state index in [2.05, 4.69) is 15.8 Å². The Balaban J connectivity index is 1.89. The highest BCUT2D eigenvalue weighted by Crippen LogP contribution is 2.31. The molecule has 0 aliphatic heterocycles. The molecule has 1 atom stereocenters. The summed E-state index contributed by atoms with van der Waals surface area (Å²) in [6, 6.07) is 8.10. The van der Waals surface area contributed by atoms with Crippen molar-refractivity contribution in [3.63, 3.8) is 0 Å². The molecule has 22 heavy (non-hydrogen) atoms. The number of ether oxygens (including phenoxy) is 1. The Morgan fingerprint density at radius 2 is 1.95 bits per heavy atom. The molecule has 0 radical (unpaired) electrons. The molecular formula is C14H13Cl2N3O3. The molecule has 0 saturated heterocycles. The van der Waals surface area contributed by atoms with Crippen LogP contribution in [0.4, 0.5) is 0 Å². The maximum absolute atomic E-state index is 11.9. The summed E-state index contributed by atoms with van der Waals surface area (Å²) in [7, 11) is 0. The Kier molecular flexibility index (Phi) is 5.30. The largest absolute Gasteiger partial charge is 0.479 e. The van der Waals surface area contributed by atoms with Crippen LogP contribution in [0.3, 0.4) is 0 Å². The van der Waals surface area contributed by atoms with Gasteiger partial charge in [0.1, 0.15) is 16.5 Å².